The number of H-pyrrole nitrogens is 1. The van der Waals surface area contributed by atoms with Gasteiger partial charge in [0.1, 0.15) is 12.4 Å². The highest BCUT2D eigenvalue weighted by molar-refractivity contribution is 5.82. The van der Waals surface area contributed by atoms with Gasteiger partial charge >= 0.3 is 0 Å². The molecule has 2 heterocycles. The Labute approximate surface area is 75.5 Å². The average molecular weight is 174 g/mol. The molecule has 13 heavy (non-hydrogen) atoms. The fourth-order valence-corrected chi connectivity index (χ4v) is 1.78. The van der Waals surface area contributed by atoms with Gasteiger partial charge < -0.3 is 15.5 Å². The molecule has 3 nitrogen and oxygen atoms in total. The van der Waals surface area contributed by atoms with Gasteiger partial charge in [0.15, 0.2) is 0 Å². The lowest BCUT2D eigenvalue weighted by Gasteiger charge is -2.00. The lowest BCUT2D eigenvalue weighted by molar-refractivity contribution is 0.333. The average Bonchev–Trinajstić information content (AvgIpc) is 2.70. The maximum Gasteiger partial charge on any atom is 0.126 e. The van der Waals surface area contributed by atoms with Crippen molar-refractivity contribution in [3.05, 3.63) is 30.0 Å². The number of nitrogens with two attached hydrogens (primary N) is 1. The van der Waals surface area contributed by atoms with Crippen LogP contribution in [0.1, 0.15) is 11.6 Å². The summed E-state index contributed by atoms with van der Waals surface area (Å²) in [5, 5.41) is 1.19. The number of hydrogen-bond acceptors (Lipinski definition) is 2. The van der Waals surface area contributed by atoms with Crippen LogP contribution < -0.4 is 10.5 Å². The van der Waals surface area contributed by atoms with Crippen LogP contribution in [0.5, 0.6) is 5.75 Å². The molecule has 2 aromatic rings. The minimum atomic E-state index is 0.0364. The normalized spacial score (nSPS) is 20.2. The van der Waals surface area contributed by atoms with Crippen LogP contribution in [0.4, 0.5) is 0 Å². The van der Waals surface area contributed by atoms with E-state index in [0.29, 0.717) is 6.61 Å². The Kier molecular flexibility index (Phi) is 1.21. The lowest BCUT2D eigenvalue weighted by atomic mass is 10.1. The van der Waals surface area contributed by atoms with Gasteiger partial charge in [-0.15, -0.1) is 0 Å². The highest BCUT2D eigenvalue weighted by atomic mass is 16.5. The number of aromatic amines is 1. The Bertz CT molecular complexity index is 461. The second-order valence-electron chi connectivity index (χ2n) is 3.37. The molecule has 0 saturated heterocycles. The maximum absolute atomic E-state index is 5.87. The molecule has 0 aliphatic carbocycles. The number of fused-ring (bicyclic) bond motifs is 2. The highest BCUT2D eigenvalue weighted by Gasteiger charge is 2.20. The van der Waals surface area contributed by atoms with Crippen molar-refractivity contribution in [3.63, 3.8) is 0 Å². The van der Waals surface area contributed by atoms with Crippen molar-refractivity contribution in [2.24, 2.45) is 5.73 Å². The second kappa shape index (κ2) is 2.26. The minimum absolute atomic E-state index is 0.0364. The summed E-state index contributed by atoms with van der Waals surface area (Å²) in [7, 11) is 0. The third-order valence-electron chi connectivity index (χ3n) is 2.50. The molecule has 0 fully saturated rings. The van der Waals surface area contributed by atoms with Crippen molar-refractivity contribution >= 4 is 10.9 Å². The van der Waals surface area contributed by atoms with E-state index in [0.717, 1.165) is 16.8 Å². The van der Waals surface area contributed by atoms with Gasteiger partial charge in [0.05, 0.1) is 6.04 Å². The number of rotatable bonds is 0. The molecule has 0 radical (unpaired) electrons. The fourth-order valence-electron chi connectivity index (χ4n) is 1.78. The van der Waals surface area contributed by atoms with Crippen LogP contribution in [0.15, 0.2) is 24.4 Å². The van der Waals surface area contributed by atoms with Crippen molar-refractivity contribution in [2.75, 3.05) is 6.61 Å². The van der Waals surface area contributed by atoms with E-state index in [1.807, 2.05) is 18.3 Å². The van der Waals surface area contributed by atoms with Crippen molar-refractivity contribution in [3.8, 4) is 5.75 Å². The van der Waals surface area contributed by atoms with Crippen LogP contribution in [0.3, 0.4) is 0 Å². The summed E-state index contributed by atoms with van der Waals surface area (Å²) < 4.78 is 5.44. The van der Waals surface area contributed by atoms with Crippen LogP contribution in [0.25, 0.3) is 10.9 Å². The summed E-state index contributed by atoms with van der Waals surface area (Å²) in [6.45, 7) is 0.599. The monoisotopic (exact) mass is 174 g/mol. The van der Waals surface area contributed by atoms with Crippen LogP contribution >= 0.6 is 0 Å². The predicted molar refractivity (Wildman–Crippen MR) is 50.7 cm³/mol. The minimum Gasteiger partial charge on any atom is -0.491 e. The molecular formula is C10H10N2O. The van der Waals surface area contributed by atoms with Gasteiger partial charge in [0.2, 0.25) is 0 Å². The van der Waals surface area contributed by atoms with Crippen LogP contribution in [-0.4, -0.2) is 11.6 Å². The molecule has 3 heteroatoms. The number of ether oxygens (including phenoxy) is 1. The molecule has 0 spiro atoms. The molecule has 1 aliphatic rings. The van der Waals surface area contributed by atoms with Gasteiger partial charge in [-0.3, -0.25) is 0 Å². The molecule has 1 unspecified atom stereocenters. The highest BCUT2D eigenvalue weighted by Crippen LogP contribution is 2.34. The quantitative estimate of drug-likeness (QED) is 0.636. The first-order valence-corrected chi connectivity index (χ1v) is 4.34. The van der Waals surface area contributed by atoms with E-state index in [9.17, 15) is 0 Å². The van der Waals surface area contributed by atoms with Gasteiger partial charge in [-0.25, -0.2) is 0 Å². The van der Waals surface area contributed by atoms with Crippen molar-refractivity contribution in [2.45, 2.75) is 6.04 Å². The largest absolute Gasteiger partial charge is 0.491 e. The van der Waals surface area contributed by atoms with Crippen molar-refractivity contribution < 1.29 is 4.74 Å². The number of aromatic nitrogens is 1. The molecule has 1 aliphatic heterocycles. The first-order chi connectivity index (χ1) is 6.34. The van der Waals surface area contributed by atoms with Crippen LogP contribution in [-0.2, 0) is 0 Å². The van der Waals surface area contributed by atoms with Gasteiger partial charge in [0, 0.05) is 23.3 Å². The third-order valence-corrected chi connectivity index (χ3v) is 2.50. The van der Waals surface area contributed by atoms with Gasteiger partial charge in [-0.2, -0.15) is 0 Å². The first-order valence-electron chi connectivity index (χ1n) is 4.34. The summed E-state index contributed by atoms with van der Waals surface area (Å²) in [5.41, 5.74) is 8.09. The van der Waals surface area contributed by atoms with E-state index in [1.165, 1.54) is 5.39 Å². The van der Waals surface area contributed by atoms with E-state index >= 15 is 0 Å². The Morgan fingerprint density at radius 1 is 1.46 bits per heavy atom. The molecular weight excluding hydrogens is 164 g/mol. The summed E-state index contributed by atoms with van der Waals surface area (Å²) >= 11 is 0. The number of hydrogen-bond donors (Lipinski definition) is 2. The molecule has 1 aromatic carbocycles. The van der Waals surface area contributed by atoms with E-state index in [2.05, 4.69) is 11.1 Å². The standard InChI is InChI=1S/C10H10N2O/c11-8-5-13-10-4-9-6(1-2-12-9)3-7(8)10/h1-4,8,12H,5,11H2. The molecule has 0 amide bonds. The van der Waals surface area contributed by atoms with E-state index in [-0.39, 0.29) is 6.04 Å². The summed E-state index contributed by atoms with van der Waals surface area (Å²) in [4.78, 5) is 3.14. The lowest BCUT2D eigenvalue weighted by Crippen LogP contribution is -2.10. The molecule has 66 valence electrons. The fraction of sp³-hybridized carbons (Fsp3) is 0.200. The van der Waals surface area contributed by atoms with E-state index in [1.54, 1.807) is 0 Å². The SMILES string of the molecule is NC1COc2cc3[nH]ccc3cc21. The Morgan fingerprint density at radius 2 is 2.38 bits per heavy atom. The number of nitrogens with one attached hydrogen (secondary N) is 1. The maximum atomic E-state index is 5.87. The van der Waals surface area contributed by atoms with Crippen molar-refractivity contribution in [1.82, 2.24) is 4.98 Å². The number of benzene rings is 1. The van der Waals surface area contributed by atoms with Gasteiger partial charge in [-0.05, 0) is 17.5 Å². The summed E-state index contributed by atoms with van der Waals surface area (Å²) in [5.74, 6) is 0.919. The summed E-state index contributed by atoms with van der Waals surface area (Å²) in [6, 6.07) is 6.19. The molecule has 1 atom stereocenters. The molecule has 1 aromatic heterocycles. The Morgan fingerprint density at radius 3 is 3.31 bits per heavy atom. The molecule has 3 rings (SSSR count). The third kappa shape index (κ3) is 0.876. The smallest absolute Gasteiger partial charge is 0.126 e. The zero-order valence-electron chi connectivity index (χ0n) is 7.08. The van der Waals surface area contributed by atoms with E-state index in [4.69, 9.17) is 10.5 Å². The zero-order valence-corrected chi connectivity index (χ0v) is 7.08. The van der Waals surface area contributed by atoms with Crippen molar-refractivity contribution in [1.29, 1.82) is 0 Å². The first kappa shape index (κ1) is 6.97. The second-order valence-corrected chi connectivity index (χ2v) is 3.37. The van der Waals surface area contributed by atoms with Crippen LogP contribution in [0, 0.1) is 0 Å². The van der Waals surface area contributed by atoms with E-state index < -0.39 is 0 Å². The molecule has 0 bridgehead atoms. The Hall–Kier alpha value is -1.48. The topological polar surface area (TPSA) is 51.0 Å². The Balaban J connectivity index is 2.34. The van der Waals surface area contributed by atoms with Crippen LogP contribution in [0.2, 0.25) is 0 Å². The van der Waals surface area contributed by atoms with Gasteiger partial charge in [-0.1, -0.05) is 0 Å². The summed E-state index contributed by atoms with van der Waals surface area (Å²) in [6.07, 6.45) is 1.92. The molecule has 3 N–H and O–H groups in total. The predicted octanol–water partition coefficient (Wildman–Crippen LogP) is 1.56. The molecule has 0 saturated carbocycles. The van der Waals surface area contributed by atoms with Gasteiger partial charge in [0.25, 0.3) is 0 Å². The zero-order chi connectivity index (χ0) is 8.84.